The van der Waals surface area contributed by atoms with Crippen LogP contribution in [-0.4, -0.2) is 50.0 Å². The van der Waals surface area contributed by atoms with E-state index in [4.69, 9.17) is 16.7 Å². The van der Waals surface area contributed by atoms with Gasteiger partial charge in [-0.3, -0.25) is 4.79 Å². The second-order valence-electron chi connectivity index (χ2n) is 5.35. The summed E-state index contributed by atoms with van der Waals surface area (Å²) in [5, 5.41) is 11.9. The summed E-state index contributed by atoms with van der Waals surface area (Å²) in [4.78, 5) is 10.7. The molecule has 0 amide bonds. The molecule has 2 N–H and O–H groups in total. The molecular formula is C14H19ClN2O4S. The monoisotopic (exact) mass is 346 g/mol. The molecule has 122 valence electrons. The lowest BCUT2D eigenvalue weighted by Gasteiger charge is -2.32. The van der Waals surface area contributed by atoms with Crippen molar-refractivity contribution in [1.82, 2.24) is 9.62 Å². The minimum absolute atomic E-state index is 0.111. The van der Waals surface area contributed by atoms with E-state index < -0.39 is 16.0 Å². The summed E-state index contributed by atoms with van der Waals surface area (Å²) >= 11 is 5.79. The van der Waals surface area contributed by atoms with Crippen molar-refractivity contribution in [2.75, 3.05) is 26.2 Å². The van der Waals surface area contributed by atoms with Crippen LogP contribution in [0.15, 0.2) is 29.2 Å². The van der Waals surface area contributed by atoms with Gasteiger partial charge in [-0.15, -0.1) is 0 Å². The number of carboxylic acid groups (broad SMARTS) is 1. The van der Waals surface area contributed by atoms with E-state index in [0.29, 0.717) is 24.7 Å². The summed E-state index contributed by atoms with van der Waals surface area (Å²) in [6.45, 7) is 1.28. The van der Waals surface area contributed by atoms with Crippen molar-refractivity contribution >= 4 is 27.6 Å². The molecule has 0 radical (unpaired) electrons. The molecule has 1 saturated heterocycles. The van der Waals surface area contributed by atoms with Crippen LogP contribution < -0.4 is 5.32 Å². The Bertz CT molecular complexity index is 618. The van der Waals surface area contributed by atoms with Gasteiger partial charge in [0.25, 0.3) is 0 Å². The first-order valence-electron chi connectivity index (χ1n) is 7.08. The number of benzene rings is 1. The highest BCUT2D eigenvalue weighted by Gasteiger charge is 2.30. The first kappa shape index (κ1) is 17.2. The number of rotatable bonds is 6. The average Bonchev–Trinajstić information content (AvgIpc) is 2.47. The van der Waals surface area contributed by atoms with Gasteiger partial charge in [-0.25, -0.2) is 8.42 Å². The zero-order valence-corrected chi connectivity index (χ0v) is 13.6. The highest BCUT2D eigenvalue weighted by Crippen LogP contribution is 2.24. The van der Waals surface area contributed by atoms with Gasteiger partial charge >= 0.3 is 5.97 Å². The van der Waals surface area contributed by atoms with Gasteiger partial charge in [0.1, 0.15) is 0 Å². The fourth-order valence-electron chi connectivity index (χ4n) is 2.55. The Morgan fingerprint density at radius 2 is 2.05 bits per heavy atom. The average molecular weight is 347 g/mol. The lowest BCUT2D eigenvalue weighted by molar-refractivity contribution is -0.136. The predicted molar refractivity (Wildman–Crippen MR) is 83.4 cm³/mol. The van der Waals surface area contributed by atoms with E-state index in [9.17, 15) is 13.2 Å². The van der Waals surface area contributed by atoms with E-state index in [1.54, 1.807) is 12.1 Å². The maximum absolute atomic E-state index is 12.6. The Morgan fingerprint density at radius 3 is 2.68 bits per heavy atom. The number of carbonyl (C=O) groups is 1. The molecule has 1 atom stereocenters. The maximum Gasteiger partial charge on any atom is 0.317 e. The zero-order chi connectivity index (χ0) is 16.2. The van der Waals surface area contributed by atoms with Crippen LogP contribution in [0.25, 0.3) is 0 Å². The van der Waals surface area contributed by atoms with Crippen LogP contribution >= 0.6 is 11.6 Å². The fraction of sp³-hybridized carbons (Fsp3) is 0.500. The smallest absolute Gasteiger partial charge is 0.317 e. The minimum Gasteiger partial charge on any atom is -0.480 e. The van der Waals surface area contributed by atoms with Crippen LogP contribution in [-0.2, 0) is 14.8 Å². The zero-order valence-electron chi connectivity index (χ0n) is 12.0. The third-order valence-electron chi connectivity index (χ3n) is 3.64. The van der Waals surface area contributed by atoms with E-state index >= 15 is 0 Å². The second kappa shape index (κ2) is 7.41. The van der Waals surface area contributed by atoms with Crippen LogP contribution in [0.1, 0.15) is 12.8 Å². The second-order valence-corrected chi connectivity index (χ2v) is 7.72. The topological polar surface area (TPSA) is 86.7 Å². The van der Waals surface area contributed by atoms with Crippen LogP contribution in [0.5, 0.6) is 0 Å². The molecular weight excluding hydrogens is 328 g/mol. The number of piperidine rings is 1. The molecule has 2 rings (SSSR count). The molecule has 22 heavy (non-hydrogen) atoms. The van der Waals surface area contributed by atoms with Crippen molar-refractivity contribution in [1.29, 1.82) is 0 Å². The molecule has 1 fully saturated rings. The molecule has 1 heterocycles. The van der Waals surface area contributed by atoms with E-state index in [-0.39, 0.29) is 17.4 Å². The number of nitrogens with one attached hydrogen (secondary N) is 1. The van der Waals surface area contributed by atoms with Gasteiger partial charge in [0.05, 0.1) is 11.4 Å². The predicted octanol–water partition coefficient (Wildman–Crippen LogP) is 1.41. The van der Waals surface area contributed by atoms with Crippen LogP contribution in [0, 0.1) is 5.92 Å². The molecule has 6 nitrogen and oxygen atoms in total. The van der Waals surface area contributed by atoms with Crippen LogP contribution in [0.4, 0.5) is 0 Å². The molecule has 8 heteroatoms. The molecule has 0 spiro atoms. The summed E-state index contributed by atoms with van der Waals surface area (Å²) in [6, 6.07) is 6.13. The minimum atomic E-state index is -3.52. The normalized spacial score (nSPS) is 20.0. The van der Waals surface area contributed by atoms with Gasteiger partial charge in [0, 0.05) is 18.1 Å². The lowest BCUT2D eigenvalue weighted by Crippen LogP contribution is -2.43. The Hall–Kier alpha value is -1.15. The number of sulfonamides is 1. The van der Waals surface area contributed by atoms with Crippen molar-refractivity contribution in [3.8, 4) is 0 Å². The largest absolute Gasteiger partial charge is 0.480 e. The molecule has 0 saturated carbocycles. The lowest BCUT2D eigenvalue weighted by atomic mass is 10.00. The Kier molecular flexibility index (Phi) is 5.80. The number of hydrogen-bond acceptors (Lipinski definition) is 4. The highest BCUT2D eigenvalue weighted by atomic mass is 35.5. The van der Waals surface area contributed by atoms with E-state index in [2.05, 4.69) is 5.32 Å². The Balaban J connectivity index is 2.01. The van der Waals surface area contributed by atoms with E-state index in [0.717, 1.165) is 12.8 Å². The fourth-order valence-corrected chi connectivity index (χ4v) is 4.23. The number of nitrogens with zero attached hydrogens (tertiary/aromatic N) is 1. The van der Waals surface area contributed by atoms with E-state index in [1.165, 1.54) is 16.4 Å². The number of hydrogen-bond donors (Lipinski definition) is 2. The number of halogens is 1. The maximum atomic E-state index is 12.6. The van der Waals surface area contributed by atoms with Crippen LogP contribution in [0.3, 0.4) is 0 Å². The first-order valence-corrected chi connectivity index (χ1v) is 8.89. The van der Waals surface area contributed by atoms with Crippen molar-refractivity contribution in [2.24, 2.45) is 5.92 Å². The SMILES string of the molecule is O=C(O)CNCC1CCCN(S(=O)(=O)c2ccc(Cl)cc2)C1. The molecule has 1 aromatic rings. The van der Waals surface area contributed by atoms with E-state index in [1.807, 2.05) is 0 Å². The highest BCUT2D eigenvalue weighted by molar-refractivity contribution is 7.89. The van der Waals surface area contributed by atoms with Crippen molar-refractivity contribution in [3.05, 3.63) is 29.3 Å². The summed E-state index contributed by atoms with van der Waals surface area (Å²) in [5.41, 5.74) is 0. The molecule has 0 bridgehead atoms. The third kappa shape index (κ3) is 4.42. The van der Waals surface area contributed by atoms with Gasteiger partial charge in [-0.05, 0) is 49.6 Å². The summed E-state index contributed by atoms with van der Waals surface area (Å²) in [7, 11) is -3.52. The summed E-state index contributed by atoms with van der Waals surface area (Å²) < 4.78 is 26.7. The number of carboxylic acids is 1. The van der Waals surface area contributed by atoms with Crippen LogP contribution in [0.2, 0.25) is 5.02 Å². The van der Waals surface area contributed by atoms with Gasteiger partial charge in [-0.2, -0.15) is 4.31 Å². The quantitative estimate of drug-likeness (QED) is 0.813. The van der Waals surface area contributed by atoms with Gasteiger partial charge in [0.2, 0.25) is 10.0 Å². The molecule has 1 unspecified atom stereocenters. The molecule has 0 aliphatic carbocycles. The Morgan fingerprint density at radius 1 is 1.36 bits per heavy atom. The van der Waals surface area contributed by atoms with Crippen molar-refractivity contribution < 1.29 is 18.3 Å². The van der Waals surface area contributed by atoms with Gasteiger partial charge < -0.3 is 10.4 Å². The van der Waals surface area contributed by atoms with Gasteiger partial charge in [-0.1, -0.05) is 11.6 Å². The standard InChI is InChI=1S/C14H19ClN2O4S/c15-12-3-5-13(6-4-12)22(20,21)17-7-1-2-11(10-17)8-16-9-14(18)19/h3-6,11,16H,1-2,7-10H2,(H,18,19). The van der Waals surface area contributed by atoms with Crippen molar-refractivity contribution in [2.45, 2.75) is 17.7 Å². The molecule has 1 aromatic carbocycles. The Labute approximate surface area is 135 Å². The summed E-state index contributed by atoms with van der Waals surface area (Å²) in [5.74, 6) is -0.795. The first-order chi connectivity index (χ1) is 10.4. The molecule has 0 aromatic heterocycles. The van der Waals surface area contributed by atoms with Crippen molar-refractivity contribution in [3.63, 3.8) is 0 Å². The van der Waals surface area contributed by atoms with Gasteiger partial charge in [0.15, 0.2) is 0 Å². The number of aliphatic carboxylic acids is 1. The summed E-state index contributed by atoms with van der Waals surface area (Å²) in [6.07, 6.45) is 1.66. The third-order valence-corrected chi connectivity index (χ3v) is 5.77. The molecule has 1 aliphatic heterocycles. The molecule has 1 aliphatic rings.